The van der Waals surface area contributed by atoms with Crippen molar-refractivity contribution >= 4 is 15.9 Å². The molecule has 0 aliphatic heterocycles. The molecule has 0 aromatic heterocycles. The number of hydrogen-bond donors (Lipinski definition) is 1. The normalized spacial score (nSPS) is 19.1. The Kier molecular flexibility index (Phi) is 4.41. The monoisotopic (exact) mass is 347 g/mol. The fourth-order valence-electron chi connectivity index (χ4n) is 3.44. The standard InChI is InChI=1S/C18H19BrFN/c1-21-18(13-9-10-17(20)16(19)11-13)15-8-4-6-12-5-2-3-7-14(12)15/h2-3,5,7,9-11,15,18,21H,4,6,8H2,1H3. The lowest BCUT2D eigenvalue weighted by Gasteiger charge is -2.32. The van der Waals surface area contributed by atoms with Gasteiger partial charge in [-0.2, -0.15) is 0 Å². The molecular weight excluding hydrogens is 329 g/mol. The lowest BCUT2D eigenvalue weighted by atomic mass is 9.77. The smallest absolute Gasteiger partial charge is 0.137 e. The number of nitrogens with one attached hydrogen (secondary N) is 1. The second-order valence-corrected chi connectivity index (χ2v) is 6.49. The predicted octanol–water partition coefficient (Wildman–Crippen LogP) is 4.97. The largest absolute Gasteiger partial charge is 0.312 e. The first-order valence-corrected chi connectivity index (χ1v) is 8.20. The fraction of sp³-hybridized carbons (Fsp3) is 0.333. The van der Waals surface area contributed by atoms with Crippen molar-refractivity contribution in [1.29, 1.82) is 0 Å². The number of hydrogen-bond acceptors (Lipinski definition) is 1. The summed E-state index contributed by atoms with van der Waals surface area (Å²) in [5, 5.41) is 3.43. The topological polar surface area (TPSA) is 12.0 Å². The van der Waals surface area contributed by atoms with E-state index in [-0.39, 0.29) is 11.9 Å². The van der Waals surface area contributed by atoms with Gasteiger partial charge in [-0.3, -0.25) is 0 Å². The molecule has 0 spiro atoms. The molecule has 110 valence electrons. The number of likely N-dealkylation sites (N-methyl/N-ethyl adjacent to an activating group) is 1. The van der Waals surface area contributed by atoms with Gasteiger partial charge in [-0.15, -0.1) is 0 Å². The third-order valence-corrected chi connectivity index (χ3v) is 5.04. The van der Waals surface area contributed by atoms with Gasteiger partial charge in [0.1, 0.15) is 5.82 Å². The molecule has 0 bridgehead atoms. The molecule has 2 unspecified atom stereocenters. The van der Waals surface area contributed by atoms with Gasteiger partial charge in [-0.1, -0.05) is 30.3 Å². The van der Waals surface area contributed by atoms with E-state index in [2.05, 4.69) is 45.5 Å². The Morgan fingerprint density at radius 1 is 1.24 bits per heavy atom. The highest BCUT2D eigenvalue weighted by Gasteiger charge is 2.28. The molecule has 3 heteroatoms. The molecule has 0 saturated carbocycles. The molecule has 0 fully saturated rings. The van der Waals surface area contributed by atoms with Crippen LogP contribution in [0.2, 0.25) is 0 Å². The molecule has 0 saturated heterocycles. The van der Waals surface area contributed by atoms with Crippen LogP contribution in [-0.4, -0.2) is 7.05 Å². The molecule has 2 aromatic carbocycles. The summed E-state index contributed by atoms with van der Waals surface area (Å²) in [6.45, 7) is 0. The summed E-state index contributed by atoms with van der Waals surface area (Å²) in [5.41, 5.74) is 4.02. The molecule has 1 aliphatic rings. The molecule has 1 N–H and O–H groups in total. The van der Waals surface area contributed by atoms with E-state index in [1.807, 2.05) is 19.2 Å². The van der Waals surface area contributed by atoms with Crippen LogP contribution in [0.1, 0.15) is 41.5 Å². The molecule has 21 heavy (non-hydrogen) atoms. The molecule has 1 nitrogen and oxygen atoms in total. The Hall–Kier alpha value is -1.19. The molecular formula is C18H19BrFN. The third-order valence-electron chi connectivity index (χ3n) is 4.43. The molecule has 0 amide bonds. The molecule has 3 rings (SSSR count). The van der Waals surface area contributed by atoms with Gasteiger partial charge in [-0.25, -0.2) is 4.39 Å². The maximum absolute atomic E-state index is 13.5. The van der Waals surface area contributed by atoms with E-state index in [0.717, 1.165) is 18.4 Å². The van der Waals surface area contributed by atoms with Crippen LogP contribution in [0, 0.1) is 5.82 Å². The number of fused-ring (bicyclic) bond motifs is 1. The second-order valence-electron chi connectivity index (χ2n) is 5.64. The average Bonchev–Trinajstić information content (AvgIpc) is 2.52. The van der Waals surface area contributed by atoms with E-state index in [1.165, 1.54) is 17.5 Å². The minimum absolute atomic E-state index is 0.211. The first-order valence-electron chi connectivity index (χ1n) is 7.40. The molecule has 0 radical (unpaired) electrons. The maximum atomic E-state index is 13.5. The first kappa shape index (κ1) is 14.7. The zero-order chi connectivity index (χ0) is 14.8. The van der Waals surface area contributed by atoms with Gasteiger partial charge in [-0.05, 0) is 71.1 Å². The number of rotatable bonds is 3. The summed E-state index contributed by atoms with van der Waals surface area (Å²) >= 11 is 3.30. The summed E-state index contributed by atoms with van der Waals surface area (Å²) in [6, 6.07) is 14.2. The Balaban J connectivity index is 1.99. The van der Waals surface area contributed by atoms with Crippen LogP contribution in [0.5, 0.6) is 0 Å². The molecule has 2 atom stereocenters. The van der Waals surface area contributed by atoms with Crippen LogP contribution in [0.25, 0.3) is 0 Å². The van der Waals surface area contributed by atoms with Crippen molar-refractivity contribution in [3.05, 3.63) is 69.4 Å². The van der Waals surface area contributed by atoms with Crippen molar-refractivity contribution in [3.63, 3.8) is 0 Å². The lowest BCUT2D eigenvalue weighted by Crippen LogP contribution is -2.26. The third kappa shape index (κ3) is 2.90. The molecule has 2 aromatic rings. The Bertz CT molecular complexity index is 641. The highest BCUT2D eigenvalue weighted by molar-refractivity contribution is 9.10. The zero-order valence-electron chi connectivity index (χ0n) is 12.1. The number of benzene rings is 2. The SMILES string of the molecule is CNC(c1ccc(F)c(Br)c1)C1CCCc2ccccc21. The minimum Gasteiger partial charge on any atom is -0.312 e. The van der Waals surface area contributed by atoms with E-state index in [4.69, 9.17) is 0 Å². The summed E-state index contributed by atoms with van der Waals surface area (Å²) in [6.07, 6.45) is 3.54. The Morgan fingerprint density at radius 3 is 2.81 bits per heavy atom. The first-order chi connectivity index (χ1) is 10.2. The van der Waals surface area contributed by atoms with E-state index >= 15 is 0 Å². The van der Waals surface area contributed by atoms with Gasteiger partial charge in [0, 0.05) is 12.0 Å². The summed E-state index contributed by atoms with van der Waals surface area (Å²) in [5.74, 6) is 0.231. The van der Waals surface area contributed by atoms with E-state index < -0.39 is 0 Å². The van der Waals surface area contributed by atoms with E-state index in [1.54, 1.807) is 6.07 Å². The Morgan fingerprint density at radius 2 is 2.05 bits per heavy atom. The summed E-state index contributed by atoms with van der Waals surface area (Å²) < 4.78 is 14.0. The van der Waals surface area contributed by atoms with Crippen molar-refractivity contribution in [2.45, 2.75) is 31.2 Å². The Labute approximate surface area is 133 Å². The van der Waals surface area contributed by atoms with Crippen LogP contribution < -0.4 is 5.32 Å². The summed E-state index contributed by atoms with van der Waals surface area (Å²) in [4.78, 5) is 0. The number of halogens is 2. The highest BCUT2D eigenvalue weighted by Crippen LogP contribution is 2.40. The molecule has 0 heterocycles. The summed E-state index contributed by atoms with van der Waals surface area (Å²) in [7, 11) is 1.99. The highest BCUT2D eigenvalue weighted by atomic mass is 79.9. The van der Waals surface area contributed by atoms with Crippen LogP contribution in [0.3, 0.4) is 0 Å². The molecule has 1 aliphatic carbocycles. The van der Waals surface area contributed by atoms with E-state index in [9.17, 15) is 4.39 Å². The van der Waals surface area contributed by atoms with Crippen molar-refractivity contribution in [2.75, 3.05) is 7.05 Å². The van der Waals surface area contributed by atoms with Crippen molar-refractivity contribution in [1.82, 2.24) is 5.32 Å². The van der Waals surface area contributed by atoms with Gasteiger partial charge >= 0.3 is 0 Å². The van der Waals surface area contributed by atoms with Crippen molar-refractivity contribution < 1.29 is 4.39 Å². The quantitative estimate of drug-likeness (QED) is 0.826. The number of aryl methyl sites for hydroxylation is 1. The lowest BCUT2D eigenvalue weighted by molar-refractivity contribution is 0.424. The zero-order valence-corrected chi connectivity index (χ0v) is 13.7. The van der Waals surface area contributed by atoms with Gasteiger partial charge < -0.3 is 5.32 Å². The predicted molar refractivity (Wildman–Crippen MR) is 88.0 cm³/mol. The van der Waals surface area contributed by atoms with Crippen LogP contribution in [-0.2, 0) is 6.42 Å². The van der Waals surface area contributed by atoms with Gasteiger partial charge in [0.05, 0.1) is 4.47 Å². The van der Waals surface area contributed by atoms with Gasteiger partial charge in [0.15, 0.2) is 0 Å². The minimum atomic E-state index is -0.211. The van der Waals surface area contributed by atoms with Crippen molar-refractivity contribution in [3.8, 4) is 0 Å². The van der Waals surface area contributed by atoms with E-state index in [0.29, 0.717) is 10.4 Å². The maximum Gasteiger partial charge on any atom is 0.137 e. The van der Waals surface area contributed by atoms with Crippen LogP contribution >= 0.6 is 15.9 Å². The fourth-order valence-corrected chi connectivity index (χ4v) is 3.84. The van der Waals surface area contributed by atoms with Crippen molar-refractivity contribution in [2.24, 2.45) is 0 Å². The van der Waals surface area contributed by atoms with Gasteiger partial charge in [0.2, 0.25) is 0 Å². The second kappa shape index (κ2) is 6.29. The van der Waals surface area contributed by atoms with Crippen LogP contribution in [0.4, 0.5) is 4.39 Å². The average molecular weight is 348 g/mol. The van der Waals surface area contributed by atoms with Gasteiger partial charge in [0.25, 0.3) is 0 Å². The van der Waals surface area contributed by atoms with Crippen LogP contribution in [0.15, 0.2) is 46.9 Å².